The fourth-order valence-corrected chi connectivity index (χ4v) is 2.36. The predicted octanol–water partition coefficient (Wildman–Crippen LogP) is 4.22. The first-order chi connectivity index (χ1) is 11.3. The fourth-order valence-electron chi connectivity index (χ4n) is 2.07. The third-order valence-corrected chi connectivity index (χ3v) is 3.80. The lowest BCUT2D eigenvalue weighted by Crippen LogP contribution is -2.03. The van der Waals surface area contributed by atoms with Crippen molar-refractivity contribution in [3.05, 3.63) is 70.8 Å². The normalized spacial score (nSPS) is 10.3. The Morgan fingerprint density at radius 1 is 0.957 bits per heavy atom. The van der Waals surface area contributed by atoms with E-state index in [1.165, 1.54) is 0 Å². The maximum atomic E-state index is 9.42. The van der Waals surface area contributed by atoms with Crippen molar-refractivity contribution in [3.8, 4) is 0 Å². The van der Waals surface area contributed by atoms with E-state index in [0.29, 0.717) is 11.8 Å². The fraction of sp³-hybridized carbons (Fsp3) is 0.0588. The largest absolute Gasteiger partial charge is 0.392 e. The topological polar surface area (TPSA) is 70.1 Å². The maximum Gasteiger partial charge on any atom is 0.229 e. The maximum absolute atomic E-state index is 9.42. The van der Waals surface area contributed by atoms with E-state index in [2.05, 4.69) is 36.5 Å². The zero-order valence-electron chi connectivity index (χ0n) is 12.2. The Bertz CT molecular complexity index is 796. The van der Waals surface area contributed by atoms with Crippen LogP contribution in [0.15, 0.2) is 65.3 Å². The number of aromatic nitrogens is 2. The highest BCUT2D eigenvalue weighted by atomic mass is 79.9. The molecule has 6 heteroatoms. The molecule has 3 aromatic rings. The summed E-state index contributed by atoms with van der Waals surface area (Å²) < 4.78 is 0.740. The van der Waals surface area contributed by atoms with E-state index in [-0.39, 0.29) is 6.61 Å². The number of nitrogens with zero attached hydrogens (tertiary/aromatic N) is 2. The van der Waals surface area contributed by atoms with E-state index < -0.39 is 0 Å². The summed E-state index contributed by atoms with van der Waals surface area (Å²) in [6.07, 6.45) is 1.68. The van der Waals surface area contributed by atoms with Crippen molar-refractivity contribution in [1.29, 1.82) is 0 Å². The molecule has 1 aromatic heterocycles. The average Bonchev–Trinajstić information content (AvgIpc) is 2.59. The Morgan fingerprint density at radius 2 is 1.70 bits per heavy atom. The smallest absolute Gasteiger partial charge is 0.229 e. The van der Waals surface area contributed by atoms with Gasteiger partial charge in [0.15, 0.2) is 0 Å². The summed E-state index contributed by atoms with van der Waals surface area (Å²) in [6.45, 7) is -0.0407. The van der Waals surface area contributed by atoms with E-state index in [4.69, 9.17) is 0 Å². The minimum atomic E-state index is -0.0407. The van der Waals surface area contributed by atoms with Gasteiger partial charge >= 0.3 is 0 Å². The van der Waals surface area contributed by atoms with Crippen molar-refractivity contribution in [3.63, 3.8) is 0 Å². The molecule has 1 heterocycles. The Morgan fingerprint density at radius 3 is 2.48 bits per heavy atom. The van der Waals surface area contributed by atoms with Gasteiger partial charge < -0.3 is 15.7 Å². The van der Waals surface area contributed by atoms with Crippen LogP contribution in [0, 0.1) is 0 Å². The molecule has 23 heavy (non-hydrogen) atoms. The molecule has 2 aromatic carbocycles. The third-order valence-electron chi connectivity index (χ3n) is 3.21. The second kappa shape index (κ2) is 7.21. The van der Waals surface area contributed by atoms with E-state index in [9.17, 15) is 5.11 Å². The van der Waals surface area contributed by atoms with Gasteiger partial charge in [-0.1, -0.05) is 36.4 Å². The lowest BCUT2D eigenvalue weighted by atomic mass is 10.2. The number of hydrogen-bond donors (Lipinski definition) is 3. The number of rotatable bonds is 5. The lowest BCUT2D eigenvalue weighted by molar-refractivity contribution is 0.282. The van der Waals surface area contributed by atoms with Crippen LogP contribution in [-0.4, -0.2) is 15.1 Å². The van der Waals surface area contributed by atoms with Crippen LogP contribution in [0.2, 0.25) is 0 Å². The number of aliphatic hydroxyl groups excluding tert-OH is 1. The summed E-state index contributed by atoms with van der Waals surface area (Å²) in [5.41, 5.74) is 2.52. The molecule has 3 rings (SSSR count). The molecule has 5 nitrogen and oxygen atoms in total. The van der Waals surface area contributed by atoms with Crippen LogP contribution >= 0.6 is 15.9 Å². The van der Waals surface area contributed by atoms with Crippen molar-refractivity contribution in [2.24, 2.45) is 0 Å². The van der Waals surface area contributed by atoms with Gasteiger partial charge in [-0.15, -0.1) is 0 Å². The predicted molar refractivity (Wildman–Crippen MR) is 95.1 cm³/mol. The number of benzene rings is 2. The lowest BCUT2D eigenvalue weighted by Gasteiger charge is -2.12. The molecule has 0 radical (unpaired) electrons. The molecule has 0 fully saturated rings. The van der Waals surface area contributed by atoms with Gasteiger partial charge in [0.1, 0.15) is 5.82 Å². The van der Waals surface area contributed by atoms with E-state index in [1.54, 1.807) is 6.20 Å². The number of para-hydroxylation sites is 2. The van der Waals surface area contributed by atoms with Crippen LogP contribution in [0.25, 0.3) is 0 Å². The van der Waals surface area contributed by atoms with Crippen LogP contribution in [0.4, 0.5) is 23.1 Å². The van der Waals surface area contributed by atoms with Crippen molar-refractivity contribution >= 4 is 39.1 Å². The summed E-state index contributed by atoms with van der Waals surface area (Å²) in [5.74, 6) is 1.11. The zero-order chi connectivity index (χ0) is 16.1. The molecular weight excluding hydrogens is 356 g/mol. The summed E-state index contributed by atoms with van der Waals surface area (Å²) in [5, 5.41) is 15.8. The van der Waals surface area contributed by atoms with Gasteiger partial charge in [0, 0.05) is 23.1 Å². The van der Waals surface area contributed by atoms with Gasteiger partial charge in [0.05, 0.1) is 11.1 Å². The van der Waals surface area contributed by atoms with Gasteiger partial charge in [-0.25, -0.2) is 4.98 Å². The summed E-state index contributed by atoms with van der Waals surface area (Å²) in [6, 6.07) is 17.3. The Kier molecular flexibility index (Phi) is 4.85. The van der Waals surface area contributed by atoms with E-state index >= 15 is 0 Å². The number of nitrogens with one attached hydrogen (secondary N) is 2. The van der Waals surface area contributed by atoms with Gasteiger partial charge in [-0.05, 0) is 34.1 Å². The molecule has 0 aliphatic rings. The summed E-state index contributed by atoms with van der Waals surface area (Å²) >= 11 is 3.44. The van der Waals surface area contributed by atoms with Crippen LogP contribution in [0.5, 0.6) is 0 Å². The molecule has 0 aliphatic carbocycles. The van der Waals surface area contributed by atoms with Crippen molar-refractivity contribution < 1.29 is 5.11 Å². The van der Waals surface area contributed by atoms with Gasteiger partial charge in [-0.2, -0.15) is 4.98 Å². The van der Waals surface area contributed by atoms with Crippen LogP contribution < -0.4 is 10.6 Å². The SMILES string of the molecule is OCc1ccccc1Nc1nc(Nc2ccccc2)ncc1Br. The second-order valence-corrected chi connectivity index (χ2v) is 5.68. The second-order valence-electron chi connectivity index (χ2n) is 4.82. The molecule has 0 unspecified atom stereocenters. The monoisotopic (exact) mass is 370 g/mol. The highest BCUT2D eigenvalue weighted by Gasteiger charge is 2.08. The summed E-state index contributed by atoms with van der Waals surface area (Å²) in [7, 11) is 0. The summed E-state index contributed by atoms with van der Waals surface area (Å²) in [4.78, 5) is 8.74. The quantitative estimate of drug-likeness (QED) is 0.627. The Labute approximate surface area is 142 Å². The highest BCUT2D eigenvalue weighted by molar-refractivity contribution is 9.10. The molecule has 0 spiro atoms. The van der Waals surface area contributed by atoms with Gasteiger partial charge in [0.2, 0.25) is 5.95 Å². The number of hydrogen-bond acceptors (Lipinski definition) is 5. The first kappa shape index (κ1) is 15.5. The Balaban J connectivity index is 1.86. The van der Waals surface area contributed by atoms with E-state index in [0.717, 1.165) is 21.4 Å². The average molecular weight is 371 g/mol. The molecule has 0 atom stereocenters. The molecule has 116 valence electrons. The van der Waals surface area contributed by atoms with Crippen molar-refractivity contribution in [2.75, 3.05) is 10.6 Å². The number of aliphatic hydroxyl groups is 1. The van der Waals surface area contributed by atoms with Gasteiger partial charge in [0.25, 0.3) is 0 Å². The molecule has 0 amide bonds. The zero-order valence-corrected chi connectivity index (χ0v) is 13.8. The molecule has 0 aliphatic heterocycles. The number of anilines is 4. The molecule has 0 saturated heterocycles. The third kappa shape index (κ3) is 3.85. The van der Waals surface area contributed by atoms with Crippen LogP contribution in [0.1, 0.15) is 5.56 Å². The molecular formula is C17H15BrN4O. The minimum absolute atomic E-state index is 0.0407. The molecule has 3 N–H and O–H groups in total. The minimum Gasteiger partial charge on any atom is -0.392 e. The van der Waals surface area contributed by atoms with Crippen molar-refractivity contribution in [1.82, 2.24) is 9.97 Å². The van der Waals surface area contributed by atoms with Crippen LogP contribution in [0.3, 0.4) is 0 Å². The molecule has 0 saturated carbocycles. The first-order valence-corrected chi connectivity index (χ1v) is 7.86. The standard InChI is InChI=1S/C17H15BrN4O/c18-14-10-19-17(20-13-7-2-1-3-8-13)22-16(14)21-15-9-5-4-6-12(15)11-23/h1-10,23H,11H2,(H2,19,20,21,22). The highest BCUT2D eigenvalue weighted by Crippen LogP contribution is 2.27. The van der Waals surface area contributed by atoms with Crippen molar-refractivity contribution in [2.45, 2.75) is 6.61 Å². The van der Waals surface area contributed by atoms with Gasteiger partial charge in [-0.3, -0.25) is 0 Å². The number of halogens is 1. The molecule has 0 bridgehead atoms. The van der Waals surface area contributed by atoms with Crippen LogP contribution in [-0.2, 0) is 6.61 Å². The first-order valence-electron chi connectivity index (χ1n) is 7.06. The van der Waals surface area contributed by atoms with E-state index in [1.807, 2.05) is 54.6 Å². The Hall–Kier alpha value is -2.44.